The van der Waals surface area contributed by atoms with Crippen molar-refractivity contribution >= 4 is 49.3 Å². The van der Waals surface area contributed by atoms with Gasteiger partial charge in [-0.15, -0.1) is 11.3 Å². The second-order valence-electron chi connectivity index (χ2n) is 8.97. The van der Waals surface area contributed by atoms with Gasteiger partial charge in [-0.3, -0.25) is 0 Å². The Morgan fingerprint density at radius 1 is 1.03 bits per heavy atom. The third kappa shape index (κ3) is 3.63. The zero-order valence-corrected chi connectivity index (χ0v) is 19.3. The molecule has 0 saturated heterocycles. The molecule has 0 aliphatic heterocycles. The molecule has 0 bridgehead atoms. The lowest BCUT2D eigenvalue weighted by molar-refractivity contribution is 0.462. The van der Waals surface area contributed by atoms with E-state index in [1.54, 1.807) is 23.1 Å². The van der Waals surface area contributed by atoms with Gasteiger partial charge in [-0.2, -0.15) is 0 Å². The van der Waals surface area contributed by atoms with E-state index in [1.165, 1.54) is 71.9 Å². The molecule has 3 aromatic rings. The van der Waals surface area contributed by atoms with Crippen molar-refractivity contribution in [2.45, 2.75) is 82.8 Å². The number of hydrogen-bond donors (Lipinski definition) is 1. The summed E-state index contributed by atoms with van der Waals surface area (Å²) >= 11 is 3.43. The van der Waals surface area contributed by atoms with Crippen molar-refractivity contribution in [3.05, 3.63) is 16.8 Å². The fourth-order valence-corrected chi connectivity index (χ4v) is 6.49. The number of nitrogens with one attached hydrogen (secondary N) is 1. The van der Waals surface area contributed by atoms with Crippen LogP contribution in [0, 0.1) is 5.92 Å². The number of rotatable bonds is 5. The Labute approximate surface area is 181 Å². The molecule has 2 aliphatic carbocycles. The molecule has 0 radical (unpaired) electrons. The molecule has 0 unspecified atom stereocenters. The van der Waals surface area contributed by atoms with Crippen molar-refractivity contribution < 1.29 is 0 Å². The summed E-state index contributed by atoms with van der Waals surface area (Å²) in [5.74, 6) is 1.66. The minimum Gasteiger partial charge on any atom is -0.366 e. The summed E-state index contributed by atoms with van der Waals surface area (Å²) in [6, 6.07) is 0.539. The van der Waals surface area contributed by atoms with Gasteiger partial charge >= 0.3 is 0 Å². The summed E-state index contributed by atoms with van der Waals surface area (Å²) < 4.78 is 1.20. The third-order valence-corrected chi connectivity index (χ3v) is 7.96. The van der Waals surface area contributed by atoms with Crippen molar-refractivity contribution in [1.29, 1.82) is 0 Å². The van der Waals surface area contributed by atoms with Gasteiger partial charge in [0.25, 0.3) is 0 Å². The Kier molecular flexibility index (Phi) is 5.41. The second kappa shape index (κ2) is 8.03. The molecule has 2 aliphatic rings. The van der Waals surface area contributed by atoms with Gasteiger partial charge in [-0.1, -0.05) is 44.9 Å². The first-order valence-corrected chi connectivity index (χ1v) is 13.1. The Bertz CT molecular complexity index is 1050. The van der Waals surface area contributed by atoms with E-state index in [2.05, 4.69) is 25.4 Å². The van der Waals surface area contributed by atoms with Crippen molar-refractivity contribution in [3.8, 4) is 0 Å². The molecule has 29 heavy (non-hydrogen) atoms. The molecule has 154 valence electrons. The molecule has 0 amide bonds. The molecule has 6 heteroatoms. The van der Waals surface area contributed by atoms with Crippen LogP contribution >= 0.6 is 23.1 Å². The Morgan fingerprint density at radius 3 is 2.59 bits per heavy atom. The van der Waals surface area contributed by atoms with E-state index in [0.717, 1.165) is 34.2 Å². The zero-order valence-electron chi connectivity index (χ0n) is 17.7. The second-order valence-corrected chi connectivity index (χ2v) is 10.7. The van der Waals surface area contributed by atoms with Crippen molar-refractivity contribution in [3.63, 3.8) is 0 Å². The van der Waals surface area contributed by atoms with Crippen LogP contribution in [0.4, 0.5) is 5.82 Å². The van der Waals surface area contributed by atoms with Crippen LogP contribution in [-0.2, 0) is 19.3 Å². The van der Waals surface area contributed by atoms with Crippen LogP contribution in [0.25, 0.3) is 20.4 Å². The average Bonchev–Trinajstić information content (AvgIpc) is 3.33. The number of aromatic nitrogens is 3. The Balaban J connectivity index is 1.69. The van der Waals surface area contributed by atoms with Crippen molar-refractivity contribution in [2.24, 2.45) is 5.92 Å². The molecular formula is C23H30N4S2. The number of thioether (sulfide) groups is 1. The summed E-state index contributed by atoms with van der Waals surface area (Å²) in [6.45, 7) is 4.58. The molecule has 1 fully saturated rings. The standard InChI is InChI=1S/C23H30N4S2/c1-13(2)12-17-15-10-7-11-16(15)18-19-20(29-22(18)25-17)21(27-23(26-19)28-3)24-14-8-5-4-6-9-14/h13-14H,4-12H2,1-3H3,(H,24,26,27). The van der Waals surface area contributed by atoms with Gasteiger partial charge in [0, 0.05) is 17.1 Å². The number of anilines is 1. The molecule has 0 atom stereocenters. The summed E-state index contributed by atoms with van der Waals surface area (Å²) in [5, 5.41) is 5.98. The fourth-order valence-electron chi connectivity index (χ4n) is 5.01. The molecule has 0 aromatic carbocycles. The molecule has 3 heterocycles. The first-order valence-electron chi connectivity index (χ1n) is 11.1. The van der Waals surface area contributed by atoms with Crippen LogP contribution in [0.15, 0.2) is 5.16 Å². The van der Waals surface area contributed by atoms with E-state index in [1.807, 2.05) is 0 Å². The molecule has 5 rings (SSSR count). The number of fused-ring (bicyclic) bond motifs is 5. The van der Waals surface area contributed by atoms with E-state index in [4.69, 9.17) is 15.0 Å². The maximum Gasteiger partial charge on any atom is 0.189 e. The highest BCUT2D eigenvalue weighted by atomic mass is 32.2. The highest BCUT2D eigenvalue weighted by Crippen LogP contribution is 2.42. The predicted molar refractivity (Wildman–Crippen MR) is 126 cm³/mol. The average molecular weight is 427 g/mol. The predicted octanol–water partition coefficient (Wildman–Crippen LogP) is 6.39. The highest BCUT2D eigenvalue weighted by Gasteiger charge is 2.26. The Morgan fingerprint density at radius 2 is 1.83 bits per heavy atom. The quantitative estimate of drug-likeness (QED) is 0.378. The van der Waals surface area contributed by atoms with Crippen LogP contribution in [0.1, 0.15) is 69.2 Å². The van der Waals surface area contributed by atoms with Crippen LogP contribution in [-0.4, -0.2) is 27.2 Å². The maximum absolute atomic E-state index is 5.18. The molecule has 3 aromatic heterocycles. The van der Waals surface area contributed by atoms with Gasteiger partial charge in [-0.05, 0) is 61.8 Å². The van der Waals surface area contributed by atoms with Gasteiger partial charge < -0.3 is 5.32 Å². The van der Waals surface area contributed by atoms with Crippen molar-refractivity contribution in [1.82, 2.24) is 15.0 Å². The number of pyridine rings is 1. The van der Waals surface area contributed by atoms with E-state index >= 15 is 0 Å². The van der Waals surface area contributed by atoms with Crippen LogP contribution in [0.2, 0.25) is 0 Å². The first kappa shape index (κ1) is 19.6. The highest BCUT2D eigenvalue weighted by molar-refractivity contribution is 7.98. The van der Waals surface area contributed by atoms with Crippen LogP contribution in [0.3, 0.4) is 0 Å². The molecule has 4 nitrogen and oxygen atoms in total. The lowest BCUT2D eigenvalue weighted by Crippen LogP contribution is -2.23. The van der Waals surface area contributed by atoms with Crippen molar-refractivity contribution in [2.75, 3.05) is 11.6 Å². The summed E-state index contributed by atoms with van der Waals surface area (Å²) in [7, 11) is 0. The largest absolute Gasteiger partial charge is 0.366 e. The minimum absolute atomic E-state index is 0.539. The van der Waals surface area contributed by atoms with E-state index in [0.29, 0.717) is 12.0 Å². The summed E-state index contributed by atoms with van der Waals surface area (Å²) in [4.78, 5) is 16.2. The van der Waals surface area contributed by atoms with Gasteiger partial charge in [0.15, 0.2) is 5.16 Å². The molecule has 0 spiro atoms. The topological polar surface area (TPSA) is 50.7 Å². The fraction of sp³-hybridized carbons (Fsp3) is 0.609. The van der Waals surface area contributed by atoms with Crippen LogP contribution in [0.5, 0.6) is 0 Å². The molecular weight excluding hydrogens is 396 g/mol. The van der Waals surface area contributed by atoms with Crippen LogP contribution < -0.4 is 5.32 Å². The minimum atomic E-state index is 0.539. The lowest BCUT2D eigenvalue weighted by atomic mass is 9.95. The third-order valence-electron chi connectivity index (χ3n) is 6.33. The lowest BCUT2D eigenvalue weighted by Gasteiger charge is -2.23. The van der Waals surface area contributed by atoms with Gasteiger partial charge in [0.05, 0.1) is 10.2 Å². The molecule has 1 saturated carbocycles. The number of nitrogens with zero attached hydrogens (tertiary/aromatic N) is 3. The van der Waals surface area contributed by atoms with Gasteiger partial charge in [-0.25, -0.2) is 15.0 Å². The maximum atomic E-state index is 5.18. The van der Waals surface area contributed by atoms with E-state index in [-0.39, 0.29) is 0 Å². The van der Waals surface area contributed by atoms with E-state index in [9.17, 15) is 0 Å². The zero-order chi connectivity index (χ0) is 20.0. The SMILES string of the molecule is CSc1nc(NC2CCCCC2)c2sc3nc(CC(C)C)c4c(c3c2n1)CCC4. The van der Waals surface area contributed by atoms with E-state index < -0.39 is 0 Å². The van der Waals surface area contributed by atoms with Gasteiger partial charge in [0.1, 0.15) is 10.6 Å². The Hall–Kier alpha value is -1.40. The normalized spacial score (nSPS) is 17.5. The smallest absolute Gasteiger partial charge is 0.189 e. The summed E-state index contributed by atoms with van der Waals surface area (Å²) in [5.41, 5.74) is 5.49. The molecule has 1 N–H and O–H groups in total. The number of thiophene rings is 1. The number of hydrogen-bond acceptors (Lipinski definition) is 6. The first-order chi connectivity index (χ1) is 14.1. The monoisotopic (exact) mass is 426 g/mol. The van der Waals surface area contributed by atoms with Gasteiger partial charge in [0.2, 0.25) is 0 Å². The summed E-state index contributed by atoms with van der Waals surface area (Å²) in [6.07, 6.45) is 13.2. The number of aryl methyl sites for hydroxylation is 1.